The van der Waals surface area contributed by atoms with E-state index in [4.69, 9.17) is 9.47 Å². The van der Waals surface area contributed by atoms with E-state index in [-0.39, 0.29) is 17.8 Å². The van der Waals surface area contributed by atoms with Gasteiger partial charge in [-0.3, -0.25) is 4.79 Å². The van der Waals surface area contributed by atoms with Crippen LogP contribution in [0.2, 0.25) is 0 Å². The van der Waals surface area contributed by atoms with E-state index in [0.29, 0.717) is 6.61 Å². The highest BCUT2D eigenvalue weighted by atomic mass is 16.6. The highest BCUT2D eigenvalue weighted by molar-refractivity contribution is 5.86. The number of carbonyl (C=O) groups is 2. The third kappa shape index (κ3) is 5.70. The first-order chi connectivity index (χ1) is 7.29. The van der Waals surface area contributed by atoms with Crippen molar-refractivity contribution in [3.05, 3.63) is 0 Å². The summed E-state index contributed by atoms with van der Waals surface area (Å²) in [5.74, 6) is -0.0869. The summed E-state index contributed by atoms with van der Waals surface area (Å²) in [6.45, 7) is 7.62. The van der Waals surface area contributed by atoms with Gasteiger partial charge < -0.3 is 14.8 Å². The molecule has 5 nitrogen and oxygen atoms in total. The lowest BCUT2D eigenvalue weighted by atomic mass is 9.85. The molecule has 0 bridgehead atoms. The van der Waals surface area contributed by atoms with Gasteiger partial charge in [-0.15, -0.1) is 0 Å². The largest absolute Gasteiger partial charge is 0.447 e. The maximum absolute atomic E-state index is 11.4. The molecule has 94 valence electrons. The van der Waals surface area contributed by atoms with Crippen LogP contribution in [-0.4, -0.2) is 38.2 Å². The number of carbonyl (C=O) groups excluding carboxylic acids is 2. The molecule has 5 heteroatoms. The Bertz CT molecular complexity index is 245. The molecule has 0 aliphatic rings. The lowest BCUT2D eigenvalue weighted by Crippen LogP contribution is -2.48. The molecule has 1 atom stereocenters. The number of amides is 1. The summed E-state index contributed by atoms with van der Waals surface area (Å²) in [5.41, 5.74) is -0.327. The molecule has 0 aromatic heterocycles. The zero-order valence-electron chi connectivity index (χ0n) is 10.6. The van der Waals surface area contributed by atoms with Crippen LogP contribution in [0.15, 0.2) is 0 Å². The summed E-state index contributed by atoms with van der Waals surface area (Å²) >= 11 is 0. The Labute approximate surface area is 96.5 Å². The van der Waals surface area contributed by atoms with Crippen LogP contribution in [0.5, 0.6) is 0 Å². The van der Waals surface area contributed by atoms with Crippen molar-refractivity contribution in [3.8, 4) is 0 Å². The van der Waals surface area contributed by atoms with E-state index < -0.39 is 12.1 Å². The minimum Gasteiger partial charge on any atom is -0.447 e. The third-order valence-electron chi connectivity index (χ3n) is 2.06. The summed E-state index contributed by atoms with van der Waals surface area (Å²) in [5, 5.41) is 2.55. The molecule has 16 heavy (non-hydrogen) atoms. The van der Waals surface area contributed by atoms with Gasteiger partial charge in [0.15, 0.2) is 5.78 Å². The second-order valence-electron chi connectivity index (χ2n) is 4.68. The molecule has 0 aliphatic heterocycles. The highest BCUT2D eigenvalue weighted by Gasteiger charge is 2.30. The monoisotopic (exact) mass is 231 g/mol. The molecular formula is C11H21NO4. The van der Waals surface area contributed by atoms with Crippen molar-refractivity contribution < 1.29 is 19.1 Å². The van der Waals surface area contributed by atoms with Crippen molar-refractivity contribution >= 4 is 11.9 Å². The normalized spacial score (nSPS) is 13.1. The number of nitrogens with one attached hydrogen (secondary N) is 1. The van der Waals surface area contributed by atoms with Gasteiger partial charge in [0.2, 0.25) is 0 Å². The van der Waals surface area contributed by atoms with Gasteiger partial charge in [0.1, 0.15) is 6.61 Å². The number of ether oxygens (including phenoxy) is 2. The van der Waals surface area contributed by atoms with E-state index in [0.717, 1.165) is 0 Å². The smallest absolute Gasteiger partial charge is 0.407 e. The van der Waals surface area contributed by atoms with Crippen LogP contribution in [0.4, 0.5) is 4.79 Å². The molecular weight excluding hydrogens is 210 g/mol. The van der Waals surface area contributed by atoms with Crippen LogP contribution in [0.3, 0.4) is 0 Å². The molecule has 1 amide bonds. The lowest BCUT2D eigenvalue weighted by molar-refractivity contribution is -0.121. The first-order valence-electron chi connectivity index (χ1n) is 5.21. The number of hydrogen-bond donors (Lipinski definition) is 1. The molecule has 0 saturated carbocycles. The van der Waals surface area contributed by atoms with Crippen LogP contribution >= 0.6 is 0 Å². The Kier molecular flexibility index (Phi) is 6.03. The highest BCUT2D eigenvalue weighted by Crippen LogP contribution is 2.19. The van der Waals surface area contributed by atoms with Crippen molar-refractivity contribution in [1.82, 2.24) is 5.32 Å². The molecule has 0 saturated heterocycles. The van der Waals surface area contributed by atoms with Gasteiger partial charge in [-0.25, -0.2) is 4.79 Å². The maximum Gasteiger partial charge on any atom is 0.407 e. The Morgan fingerprint density at radius 2 is 1.81 bits per heavy atom. The van der Waals surface area contributed by atoms with Crippen molar-refractivity contribution in [3.63, 3.8) is 0 Å². The van der Waals surface area contributed by atoms with E-state index in [1.54, 1.807) is 0 Å². The van der Waals surface area contributed by atoms with Crippen molar-refractivity contribution in [1.29, 1.82) is 0 Å². The van der Waals surface area contributed by atoms with Crippen molar-refractivity contribution in [2.45, 2.75) is 33.7 Å². The van der Waals surface area contributed by atoms with Gasteiger partial charge in [0.25, 0.3) is 0 Å². The predicted octanol–water partition coefficient (Wildman–Crippen LogP) is 1.36. The molecule has 0 aliphatic carbocycles. The topological polar surface area (TPSA) is 64.6 Å². The standard InChI is InChI=1S/C11H21NO4/c1-8(13)9(11(2,3)4)12-10(14)16-7-6-15-5/h9H,6-7H2,1-5H3,(H,12,14). The Morgan fingerprint density at radius 3 is 2.19 bits per heavy atom. The van der Waals surface area contributed by atoms with E-state index in [1.807, 2.05) is 20.8 Å². The quantitative estimate of drug-likeness (QED) is 0.726. The molecule has 0 rings (SSSR count). The molecule has 1 N–H and O–H groups in total. The molecule has 0 radical (unpaired) electrons. The van der Waals surface area contributed by atoms with Gasteiger partial charge in [0, 0.05) is 7.11 Å². The summed E-state index contributed by atoms with van der Waals surface area (Å²) < 4.78 is 9.57. The molecule has 0 fully saturated rings. The van der Waals surface area contributed by atoms with Crippen molar-refractivity contribution in [2.24, 2.45) is 5.41 Å². The van der Waals surface area contributed by atoms with Crippen molar-refractivity contribution in [2.75, 3.05) is 20.3 Å². The second-order valence-corrected chi connectivity index (χ2v) is 4.68. The fourth-order valence-corrected chi connectivity index (χ4v) is 1.31. The Hall–Kier alpha value is -1.10. The fourth-order valence-electron chi connectivity index (χ4n) is 1.31. The zero-order chi connectivity index (χ0) is 12.8. The van der Waals surface area contributed by atoms with Crippen LogP contribution in [0, 0.1) is 5.41 Å². The molecule has 0 aromatic carbocycles. The number of methoxy groups -OCH3 is 1. The Balaban J connectivity index is 4.21. The average molecular weight is 231 g/mol. The SMILES string of the molecule is COCCOC(=O)NC(C(C)=O)C(C)(C)C. The van der Waals surface area contributed by atoms with Crippen LogP contribution in [0.25, 0.3) is 0 Å². The summed E-state index contributed by atoms with van der Waals surface area (Å²) in [6, 6.07) is -0.539. The second kappa shape index (κ2) is 6.48. The predicted molar refractivity (Wildman–Crippen MR) is 60.3 cm³/mol. The lowest BCUT2D eigenvalue weighted by Gasteiger charge is -2.28. The number of ketones is 1. The fraction of sp³-hybridized carbons (Fsp3) is 0.818. The van der Waals surface area contributed by atoms with Crippen LogP contribution in [-0.2, 0) is 14.3 Å². The summed E-state index contributed by atoms with van der Waals surface area (Å²) in [6.07, 6.45) is -0.591. The molecule has 0 heterocycles. The number of rotatable bonds is 5. The van der Waals surface area contributed by atoms with Gasteiger partial charge in [0.05, 0.1) is 12.6 Å². The maximum atomic E-state index is 11.4. The minimum atomic E-state index is -0.591. The Morgan fingerprint density at radius 1 is 1.25 bits per heavy atom. The summed E-state index contributed by atoms with van der Waals surface area (Å²) in [7, 11) is 1.52. The summed E-state index contributed by atoms with van der Waals surface area (Å²) in [4.78, 5) is 22.7. The number of alkyl carbamates (subject to hydrolysis) is 1. The minimum absolute atomic E-state index is 0.0869. The average Bonchev–Trinajstić information content (AvgIpc) is 2.12. The van der Waals surface area contributed by atoms with Gasteiger partial charge in [-0.1, -0.05) is 20.8 Å². The molecule has 0 spiro atoms. The van der Waals surface area contributed by atoms with E-state index in [1.165, 1.54) is 14.0 Å². The van der Waals surface area contributed by atoms with E-state index in [2.05, 4.69) is 5.32 Å². The van der Waals surface area contributed by atoms with E-state index in [9.17, 15) is 9.59 Å². The number of hydrogen-bond acceptors (Lipinski definition) is 4. The van der Waals surface area contributed by atoms with Gasteiger partial charge >= 0.3 is 6.09 Å². The number of Topliss-reactive ketones (excluding diaryl/α,β-unsaturated/α-hetero) is 1. The molecule has 1 unspecified atom stereocenters. The van der Waals surface area contributed by atoms with Crippen LogP contribution < -0.4 is 5.32 Å². The first kappa shape index (κ1) is 14.9. The van der Waals surface area contributed by atoms with E-state index >= 15 is 0 Å². The zero-order valence-corrected chi connectivity index (χ0v) is 10.6. The first-order valence-corrected chi connectivity index (χ1v) is 5.21. The van der Waals surface area contributed by atoms with Crippen LogP contribution in [0.1, 0.15) is 27.7 Å². The molecule has 0 aromatic rings. The third-order valence-corrected chi connectivity index (χ3v) is 2.06. The van der Waals surface area contributed by atoms with Gasteiger partial charge in [-0.05, 0) is 12.3 Å². The van der Waals surface area contributed by atoms with Gasteiger partial charge in [-0.2, -0.15) is 0 Å².